The van der Waals surface area contributed by atoms with Crippen LogP contribution in [0.4, 0.5) is 9.18 Å². The Labute approximate surface area is 122 Å². The molecule has 1 aromatic rings. The van der Waals surface area contributed by atoms with Crippen molar-refractivity contribution >= 4 is 12.0 Å². The first-order chi connectivity index (χ1) is 9.93. The van der Waals surface area contributed by atoms with Gasteiger partial charge in [0, 0.05) is 13.1 Å². The number of carbonyl (C=O) groups excluding carboxylic acids is 1. The van der Waals surface area contributed by atoms with Gasteiger partial charge in [0.05, 0.1) is 6.61 Å². The Morgan fingerprint density at radius 3 is 2.43 bits per heavy atom. The van der Waals surface area contributed by atoms with Gasteiger partial charge < -0.3 is 20.4 Å². The molecule has 0 saturated heterocycles. The molecule has 0 radical (unpaired) electrons. The third-order valence-electron chi connectivity index (χ3n) is 2.95. The lowest BCUT2D eigenvalue weighted by atomic mass is 10.1. The zero-order valence-corrected chi connectivity index (χ0v) is 11.8. The van der Waals surface area contributed by atoms with Crippen LogP contribution in [-0.2, 0) is 11.2 Å². The molecule has 0 aliphatic heterocycles. The number of carbonyl (C=O) groups is 2. The number of amides is 2. The minimum absolute atomic E-state index is 0.0966. The largest absolute Gasteiger partial charge is 0.480 e. The van der Waals surface area contributed by atoms with Crippen LogP contribution in [0.1, 0.15) is 12.5 Å². The van der Waals surface area contributed by atoms with Crippen molar-refractivity contribution in [2.75, 3.05) is 19.7 Å². The van der Waals surface area contributed by atoms with Gasteiger partial charge in [-0.3, -0.25) is 4.79 Å². The fourth-order valence-corrected chi connectivity index (χ4v) is 1.69. The normalized spacial score (nSPS) is 11.8. The van der Waals surface area contributed by atoms with Gasteiger partial charge in [0.25, 0.3) is 0 Å². The van der Waals surface area contributed by atoms with Crippen LogP contribution >= 0.6 is 0 Å². The fraction of sp³-hybridized carbons (Fsp3) is 0.429. The van der Waals surface area contributed by atoms with Gasteiger partial charge in [0.1, 0.15) is 11.9 Å². The summed E-state index contributed by atoms with van der Waals surface area (Å²) in [4.78, 5) is 23.9. The van der Waals surface area contributed by atoms with E-state index in [-0.39, 0.29) is 19.0 Å². The molecule has 7 heteroatoms. The van der Waals surface area contributed by atoms with Gasteiger partial charge in [-0.15, -0.1) is 0 Å². The Bertz CT molecular complexity index is 478. The highest BCUT2D eigenvalue weighted by Gasteiger charge is 2.18. The van der Waals surface area contributed by atoms with Gasteiger partial charge in [-0.1, -0.05) is 12.1 Å². The van der Waals surface area contributed by atoms with Crippen LogP contribution in [-0.4, -0.2) is 52.9 Å². The quantitative estimate of drug-likeness (QED) is 0.696. The predicted octanol–water partition coefficient (Wildman–Crippen LogP) is 0.845. The van der Waals surface area contributed by atoms with E-state index >= 15 is 0 Å². The molecule has 116 valence electrons. The molecule has 0 aliphatic carbocycles. The van der Waals surface area contributed by atoms with Gasteiger partial charge in [-0.2, -0.15) is 0 Å². The van der Waals surface area contributed by atoms with Crippen LogP contribution in [0, 0.1) is 5.82 Å². The molecule has 0 saturated carbocycles. The number of aliphatic hydroxyl groups is 1. The Morgan fingerprint density at radius 2 is 1.90 bits per heavy atom. The molecule has 0 bridgehead atoms. The topological polar surface area (TPSA) is 89.9 Å². The number of hydrogen-bond donors (Lipinski definition) is 3. The van der Waals surface area contributed by atoms with Crippen molar-refractivity contribution in [3.8, 4) is 0 Å². The molecule has 2 amide bonds. The van der Waals surface area contributed by atoms with Crippen molar-refractivity contribution in [2.24, 2.45) is 0 Å². The molecular formula is C14H19FN2O4. The first-order valence-electron chi connectivity index (χ1n) is 6.57. The molecule has 1 aromatic carbocycles. The number of nitrogens with one attached hydrogen (secondary N) is 1. The summed E-state index contributed by atoms with van der Waals surface area (Å²) in [6.45, 7) is 1.53. The Balaban J connectivity index is 2.58. The number of aliphatic hydroxyl groups excluding tert-OH is 1. The first kappa shape index (κ1) is 16.9. The monoisotopic (exact) mass is 298 g/mol. The van der Waals surface area contributed by atoms with Crippen LogP contribution in [0.15, 0.2) is 24.3 Å². The third-order valence-corrected chi connectivity index (χ3v) is 2.95. The molecule has 0 fully saturated rings. The van der Waals surface area contributed by atoms with Crippen LogP contribution in [0.2, 0.25) is 0 Å². The highest BCUT2D eigenvalue weighted by atomic mass is 19.1. The third kappa shape index (κ3) is 5.78. The van der Waals surface area contributed by atoms with E-state index < -0.39 is 18.0 Å². The van der Waals surface area contributed by atoms with Crippen LogP contribution in [0.3, 0.4) is 0 Å². The SMILES string of the molecule is C[C@H](NC(=O)N(CCO)CCc1ccc(F)cc1)C(=O)O. The van der Waals surface area contributed by atoms with E-state index in [2.05, 4.69) is 5.32 Å². The summed E-state index contributed by atoms with van der Waals surface area (Å²) in [5, 5.41) is 20.1. The second-order valence-electron chi connectivity index (χ2n) is 4.60. The van der Waals surface area contributed by atoms with Crippen LogP contribution in [0.5, 0.6) is 0 Å². The summed E-state index contributed by atoms with van der Waals surface area (Å²) < 4.78 is 12.8. The number of halogens is 1. The molecule has 0 aromatic heterocycles. The number of urea groups is 1. The highest BCUT2D eigenvalue weighted by molar-refractivity contribution is 5.82. The summed E-state index contributed by atoms with van der Waals surface area (Å²) in [7, 11) is 0. The van der Waals surface area contributed by atoms with E-state index in [0.717, 1.165) is 5.56 Å². The lowest BCUT2D eigenvalue weighted by molar-refractivity contribution is -0.138. The lowest BCUT2D eigenvalue weighted by Crippen LogP contribution is -2.48. The second-order valence-corrected chi connectivity index (χ2v) is 4.60. The highest BCUT2D eigenvalue weighted by Crippen LogP contribution is 2.05. The van der Waals surface area contributed by atoms with E-state index in [9.17, 15) is 14.0 Å². The van der Waals surface area contributed by atoms with Gasteiger partial charge in [-0.25, -0.2) is 9.18 Å². The number of carboxylic acid groups (broad SMARTS) is 1. The summed E-state index contributed by atoms with van der Waals surface area (Å²) in [6, 6.07) is 4.33. The van der Waals surface area contributed by atoms with Gasteiger partial charge in [-0.05, 0) is 31.0 Å². The Hall–Kier alpha value is -2.15. The van der Waals surface area contributed by atoms with Crippen molar-refractivity contribution < 1.29 is 24.2 Å². The van der Waals surface area contributed by atoms with E-state index in [1.807, 2.05) is 0 Å². The Morgan fingerprint density at radius 1 is 1.29 bits per heavy atom. The second kappa shape index (κ2) is 8.21. The van der Waals surface area contributed by atoms with E-state index in [1.54, 1.807) is 12.1 Å². The van der Waals surface area contributed by atoms with Crippen molar-refractivity contribution in [3.63, 3.8) is 0 Å². The zero-order valence-electron chi connectivity index (χ0n) is 11.8. The molecule has 0 aliphatic rings. The number of aliphatic carboxylic acids is 1. The van der Waals surface area contributed by atoms with Crippen molar-refractivity contribution in [3.05, 3.63) is 35.6 Å². The first-order valence-corrected chi connectivity index (χ1v) is 6.57. The van der Waals surface area contributed by atoms with Crippen molar-refractivity contribution in [1.82, 2.24) is 10.2 Å². The molecule has 3 N–H and O–H groups in total. The molecular weight excluding hydrogens is 279 g/mol. The summed E-state index contributed by atoms with van der Waals surface area (Å²) >= 11 is 0. The fourth-order valence-electron chi connectivity index (χ4n) is 1.69. The molecule has 1 rings (SSSR count). The summed E-state index contributed by atoms with van der Waals surface area (Å²) in [5.41, 5.74) is 0.846. The molecule has 0 spiro atoms. The molecule has 0 heterocycles. The van der Waals surface area contributed by atoms with Gasteiger partial charge >= 0.3 is 12.0 Å². The number of nitrogens with zero attached hydrogens (tertiary/aromatic N) is 1. The minimum Gasteiger partial charge on any atom is -0.480 e. The zero-order chi connectivity index (χ0) is 15.8. The molecule has 0 unspecified atom stereocenters. The van der Waals surface area contributed by atoms with E-state index in [0.29, 0.717) is 13.0 Å². The lowest BCUT2D eigenvalue weighted by Gasteiger charge is -2.23. The van der Waals surface area contributed by atoms with E-state index in [4.69, 9.17) is 10.2 Å². The standard InChI is InChI=1S/C14H19FN2O4/c1-10(13(19)20)16-14(21)17(8-9-18)7-6-11-2-4-12(15)5-3-11/h2-5,10,18H,6-9H2,1H3,(H,16,21)(H,19,20)/t10-/m0/s1. The summed E-state index contributed by atoms with van der Waals surface area (Å²) in [6.07, 6.45) is 0.481. The number of hydrogen-bond acceptors (Lipinski definition) is 3. The van der Waals surface area contributed by atoms with Crippen molar-refractivity contribution in [2.45, 2.75) is 19.4 Å². The van der Waals surface area contributed by atoms with E-state index in [1.165, 1.54) is 24.0 Å². The maximum atomic E-state index is 12.8. The maximum Gasteiger partial charge on any atom is 0.325 e. The van der Waals surface area contributed by atoms with Gasteiger partial charge in [0.2, 0.25) is 0 Å². The number of rotatable bonds is 7. The smallest absolute Gasteiger partial charge is 0.325 e. The molecule has 21 heavy (non-hydrogen) atoms. The summed E-state index contributed by atoms with van der Waals surface area (Å²) in [5.74, 6) is -1.47. The minimum atomic E-state index is -1.13. The van der Waals surface area contributed by atoms with Gasteiger partial charge in [0.15, 0.2) is 0 Å². The van der Waals surface area contributed by atoms with Crippen LogP contribution < -0.4 is 5.32 Å². The molecule has 6 nitrogen and oxygen atoms in total. The van der Waals surface area contributed by atoms with Crippen molar-refractivity contribution in [1.29, 1.82) is 0 Å². The number of carboxylic acids is 1. The Kier molecular flexibility index (Phi) is 6.61. The number of benzene rings is 1. The molecule has 1 atom stereocenters. The maximum absolute atomic E-state index is 12.8. The average Bonchev–Trinajstić information content (AvgIpc) is 2.44. The average molecular weight is 298 g/mol. The predicted molar refractivity (Wildman–Crippen MR) is 74.4 cm³/mol. The van der Waals surface area contributed by atoms with Crippen LogP contribution in [0.25, 0.3) is 0 Å².